The number of amides is 1. The van der Waals surface area contributed by atoms with Crippen LogP contribution in [0.4, 0.5) is 10.6 Å². The van der Waals surface area contributed by atoms with Gasteiger partial charge in [0, 0.05) is 24.7 Å². The molecule has 0 bridgehead atoms. The van der Waals surface area contributed by atoms with Crippen LogP contribution in [-0.4, -0.2) is 71.2 Å². The van der Waals surface area contributed by atoms with Crippen LogP contribution in [0.25, 0.3) is 0 Å². The average Bonchev–Trinajstić information content (AvgIpc) is 3.56. The van der Waals surface area contributed by atoms with Crippen molar-refractivity contribution in [1.29, 1.82) is 0 Å². The third-order valence-corrected chi connectivity index (χ3v) is 8.88. The molecule has 4 atom stereocenters. The fraction of sp³-hybridized carbons (Fsp3) is 0.448. The van der Waals surface area contributed by atoms with Gasteiger partial charge in [-0.05, 0) is 68.2 Å². The molecule has 0 radical (unpaired) electrons. The molecule has 0 unspecified atom stereocenters. The number of nitrogens with one attached hydrogen (secondary N) is 1. The summed E-state index contributed by atoms with van der Waals surface area (Å²) in [5, 5.41) is 20.4. The Morgan fingerprint density at radius 3 is 2.74 bits per heavy atom. The second-order valence-corrected chi connectivity index (χ2v) is 13.9. The van der Waals surface area contributed by atoms with Crippen LogP contribution in [-0.2, 0) is 25.6 Å². The summed E-state index contributed by atoms with van der Waals surface area (Å²) in [6, 6.07) is 9.06. The Balaban J connectivity index is 1.37. The van der Waals surface area contributed by atoms with Crippen molar-refractivity contribution in [3.63, 3.8) is 0 Å². The summed E-state index contributed by atoms with van der Waals surface area (Å²) in [6.45, 7) is 5.73. The number of aromatic nitrogens is 2. The molecule has 43 heavy (non-hydrogen) atoms. The Hall–Kier alpha value is -3.43. The Bertz CT molecular complexity index is 1600. The number of thiophene rings is 1. The first-order valence-corrected chi connectivity index (χ1v) is 16.3. The number of carbonyl (C=O) groups excluding carboxylic acids is 2. The molecule has 3 aromatic rings. The second kappa shape index (κ2) is 12.3. The van der Waals surface area contributed by atoms with Gasteiger partial charge in [0.25, 0.3) is 0 Å². The highest BCUT2D eigenvalue weighted by Gasteiger charge is 2.37. The van der Waals surface area contributed by atoms with E-state index in [4.69, 9.17) is 9.88 Å². The number of ketones is 1. The zero-order valence-corrected chi connectivity index (χ0v) is 25.7. The summed E-state index contributed by atoms with van der Waals surface area (Å²) in [7, 11) is -4.12. The Kier molecular flexibility index (Phi) is 8.86. The topological polar surface area (TPSA) is 174 Å². The van der Waals surface area contributed by atoms with Gasteiger partial charge in [-0.3, -0.25) is 13.9 Å². The van der Waals surface area contributed by atoms with E-state index in [1.807, 2.05) is 44.4 Å². The first kappa shape index (κ1) is 31.0. The van der Waals surface area contributed by atoms with Gasteiger partial charge in [-0.15, -0.1) is 11.3 Å². The number of nitrogens with two attached hydrogens (primary N) is 1. The molecule has 230 valence electrons. The molecule has 3 heterocycles. The Morgan fingerprint density at radius 1 is 1.23 bits per heavy atom. The molecule has 1 aliphatic heterocycles. The van der Waals surface area contributed by atoms with Gasteiger partial charge in [-0.25, -0.2) is 19.9 Å². The molecule has 2 aliphatic rings. The van der Waals surface area contributed by atoms with Crippen molar-refractivity contribution >= 4 is 39.3 Å². The van der Waals surface area contributed by atoms with Crippen LogP contribution >= 0.6 is 11.3 Å². The summed E-state index contributed by atoms with van der Waals surface area (Å²) in [4.78, 5) is 37.5. The van der Waals surface area contributed by atoms with E-state index in [1.165, 1.54) is 23.9 Å². The van der Waals surface area contributed by atoms with E-state index >= 15 is 0 Å². The third-order valence-electron chi connectivity index (χ3n) is 7.47. The summed E-state index contributed by atoms with van der Waals surface area (Å²) >= 11 is 1.27. The number of nitrogens with zero attached hydrogens (tertiary/aromatic N) is 3. The van der Waals surface area contributed by atoms with E-state index in [9.17, 15) is 23.1 Å². The monoisotopic (exact) mass is 629 g/mol. The van der Waals surface area contributed by atoms with Crippen molar-refractivity contribution in [2.45, 2.75) is 63.8 Å². The lowest BCUT2D eigenvalue weighted by atomic mass is 9.89. The van der Waals surface area contributed by atoms with Crippen LogP contribution < -0.4 is 10.5 Å². The highest BCUT2D eigenvalue weighted by atomic mass is 32.2. The van der Waals surface area contributed by atoms with Crippen molar-refractivity contribution in [3.05, 3.63) is 75.4 Å². The molecule has 1 saturated carbocycles. The van der Waals surface area contributed by atoms with Crippen molar-refractivity contribution in [2.24, 2.45) is 11.1 Å². The van der Waals surface area contributed by atoms with Gasteiger partial charge in [0.15, 0.2) is 0 Å². The van der Waals surface area contributed by atoms with Crippen LogP contribution in [0.1, 0.15) is 71.6 Å². The van der Waals surface area contributed by atoms with Gasteiger partial charge in [0.2, 0.25) is 5.78 Å². The first-order valence-electron chi connectivity index (χ1n) is 13.9. The van der Waals surface area contributed by atoms with E-state index < -0.39 is 40.1 Å². The normalized spacial score (nSPS) is 22.2. The molecule has 1 aromatic carbocycles. The number of carbonyl (C=O) groups is 2. The number of fused-ring (bicyclic) bond motifs is 1. The number of hydrogen-bond acceptors (Lipinski definition) is 11. The van der Waals surface area contributed by atoms with Gasteiger partial charge in [-0.1, -0.05) is 24.3 Å². The number of rotatable bonds is 8. The minimum absolute atomic E-state index is 0.240. The van der Waals surface area contributed by atoms with E-state index in [0.29, 0.717) is 36.5 Å². The molecule has 4 N–H and O–H groups in total. The van der Waals surface area contributed by atoms with Gasteiger partial charge in [0.1, 0.15) is 17.7 Å². The van der Waals surface area contributed by atoms with Crippen LogP contribution in [0.3, 0.4) is 0 Å². The third kappa shape index (κ3) is 7.39. The number of benzene rings is 1. The second-order valence-electron chi connectivity index (χ2n) is 11.8. The summed E-state index contributed by atoms with van der Waals surface area (Å²) in [5.74, 6) is -0.443. The SMILES string of the molecule is CC(C)(C)OC(=O)N1CCc2ccccc2[C@H]1c1csc(C(=O)c2cncnc2N[C@@H]2C[C@H](COS(N)(=O)=O)[C@@H](O)C2)c1. The number of anilines is 1. The molecule has 5 rings (SSSR count). The number of aliphatic hydroxyl groups is 1. The smallest absolute Gasteiger partial charge is 0.411 e. The predicted octanol–water partition coefficient (Wildman–Crippen LogP) is 3.42. The maximum absolute atomic E-state index is 13.8. The van der Waals surface area contributed by atoms with Gasteiger partial charge < -0.3 is 15.2 Å². The van der Waals surface area contributed by atoms with Crippen molar-refractivity contribution < 1.29 is 32.0 Å². The molecule has 2 aromatic heterocycles. The molecule has 12 nitrogen and oxygen atoms in total. The predicted molar refractivity (Wildman–Crippen MR) is 160 cm³/mol. The molecule has 1 amide bonds. The lowest BCUT2D eigenvalue weighted by Gasteiger charge is -2.38. The maximum atomic E-state index is 13.8. The molecule has 0 spiro atoms. The van der Waals surface area contributed by atoms with E-state index in [1.54, 1.807) is 11.0 Å². The van der Waals surface area contributed by atoms with Crippen LogP contribution in [0.5, 0.6) is 0 Å². The van der Waals surface area contributed by atoms with Gasteiger partial charge in [-0.2, -0.15) is 8.42 Å². The van der Waals surface area contributed by atoms with Crippen LogP contribution in [0.15, 0.2) is 48.2 Å². The largest absolute Gasteiger partial charge is 0.444 e. The highest BCUT2D eigenvalue weighted by molar-refractivity contribution is 7.84. The minimum atomic E-state index is -4.12. The van der Waals surface area contributed by atoms with Crippen molar-refractivity contribution in [2.75, 3.05) is 18.5 Å². The van der Waals surface area contributed by atoms with Crippen LogP contribution in [0, 0.1) is 5.92 Å². The molecule has 0 saturated heterocycles. The fourth-order valence-corrected chi connectivity index (χ4v) is 6.82. The summed E-state index contributed by atoms with van der Waals surface area (Å²) in [6.07, 6.45) is 2.92. The number of aliphatic hydroxyl groups excluding tert-OH is 1. The van der Waals surface area contributed by atoms with E-state index in [-0.39, 0.29) is 24.0 Å². The molecule has 1 fully saturated rings. The number of ether oxygens (including phenoxy) is 1. The Labute approximate surface area is 254 Å². The average molecular weight is 630 g/mol. The van der Waals surface area contributed by atoms with Crippen molar-refractivity contribution in [1.82, 2.24) is 14.9 Å². The molecular weight excluding hydrogens is 594 g/mol. The zero-order valence-electron chi connectivity index (χ0n) is 24.1. The standard InChI is InChI=1S/C29H35N5O7S2/c1-29(2,3)41-28(37)34-9-8-17-6-4-5-7-21(17)25(34)19-11-24(42-15-19)26(36)22-13-31-16-32-27(22)33-20-10-18(23(35)12-20)14-40-43(30,38)39/h4-7,11,13,15-16,18,20,23,25,35H,8-10,12,14H2,1-3H3,(H2,30,38,39)(H,31,32,33)/t18-,20-,23+,25-/m1/s1. The maximum Gasteiger partial charge on any atom is 0.411 e. The van der Waals surface area contributed by atoms with Gasteiger partial charge in [0.05, 0.1) is 29.2 Å². The summed E-state index contributed by atoms with van der Waals surface area (Å²) in [5.41, 5.74) is 2.52. The minimum Gasteiger partial charge on any atom is -0.444 e. The lowest BCUT2D eigenvalue weighted by Crippen LogP contribution is -2.43. The molecule has 14 heteroatoms. The van der Waals surface area contributed by atoms with Crippen LogP contribution in [0.2, 0.25) is 0 Å². The Morgan fingerprint density at radius 2 is 2.00 bits per heavy atom. The van der Waals surface area contributed by atoms with Gasteiger partial charge >= 0.3 is 16.4 Å². The molecule has 1 aliphatic carbocycles. The number of hydrogen-bond donors (Lipinski definition) is 3. The highest BCUT2D eigenvalue weighted by Crippen LogP contribution is 2.38. The fourth-order valence-electron chi connectivity index (χ4n) is 5.58. The zero-order chi connectivity index (χ0) is 30.9. The lowest BCUT2D eigenvalue weighted by molar-refractivity contribution is 0.0178. The van der Waals surface area contributed by atoms with E-state index in [0.717, 1.165) is 16.7 Å². The quantitative estimate of drug-likeness (QED) is 0.313. The molecular formula is C29H35N5O7S2. The summed E-state index contributed by atoms with van der Waals surface area (Å²) < 4.78 is 32.7. The van der Waals surface area contributed by atoms with E-state index in [2.05, 4.69) is 25.5 Å². The first-order chi connectivity index (χ1) is 20.3. The van der Waals surface area contributed by atoms with Crippen molar-refractivity contribution in [3.8, 4) is 0 Å².